The van der Waals surface area contributed by atoms with Crippen LogP contribution in [0, 0.1) is 6.92 Å². The molecule has 1 nitrogen and oxygen atoms in total. The fourth-order valence-corrected chi connectivity index (χ4v) is 5.06. The van der Waals surface area contributed by atoms with Crippen LogP contribution in [0.2, 0.25) is 0 Å². The topological polar surface area (TPSA) is 12.0 Å². The lowest BCUT2D eigenvalue weighted by Gasteiger charge is -2.16. The molecule has 2 heterocycles. The van der Waals surface area contributed by atoms with Crippen molar-refractivity contribution in [3.05, 3.63) is 55.5 Å². The molecule has 0 saturated heterocycles. The Hall–Kier alpha value is -0.680. The van der Waals surface area contributed by atoms with Crippen LogP contribution in [0.1, 0.15) is 28.3 Å². The summed E-state index contributed by atoms with van der Waals surface area (Å²) in [4.78, 5) is 2.76. The first-order valence-corrected chi connectivity index (χ1v) is 9.15. The second-order valence-electron chi connectivity index (χ2n) is 4.75. The number of thiophene rings is 2. The molecule has 1 aromatic carbocycles. The van der Waals surface area contributed by atoms with Crippen LogP contribution in [0.4, 0.5) is 0 Å². The van der Waals surface area contributed by atoms with Crippen molar-refractivity contribution in [3.63, 3.8) is 0 Å². The molecule has 0 radical (unpaired) electrons. The summed E-state index contributed by atoms with van der Waals surface area (Å²) in [5.41, 5.74) is 1.38. The standard InChI is InChI=1S/C16H16BrNS2/c1-3-18-15(14-8-7-10(2)20-14)12-9-19-16-11(12)5-4-6-13(16)17/h4-9,15,18H,3H2,1-2H3. The molecule has 104 valence electrons. The fraction of sp³-hybridized carbons (Fsp3) is 0.250. The molecule has 1 atom stereocenters. The largest absolute Gasteiger partial charge is 0.306 e. The van der Waals surface area contributed by atoms with Crippen LogP contribution < -0.4 is 5.32 Å². The van der Waals surface area contributed by atoms with E-state index >= 15 is 0 Å². The first kappa shape index (κ1) is 14.3. The second kappa shape index (κ2) is 5.98. The maximum Gasteiger partial charge on any atom is 0.0685 e. The highest BCUT2D eigenvalue weighted by Crippen LogP contribution is 2.38. The molecule has 2 aromatic heterocycles. The number of nitrogens with one attached hydrogen (secondary N) is 1. The summed E-state index contributed by atoms with van der Waals surface area (Å²) in [5.74, 6) is 0. The smallest absolute Gasteiger partial charge is 0.0685 e. The Bertz CT molecular complexity index is 729. The number of aryl methyl sites for hydroxylation is 1. The molecule has 0 bridgehead atoms. The van der Waals surface area contributed by atoms with Crippen LogP contribution in [-0.4, -0.2) is 6.54 Å². The first-order valence-electron chi connectivity index (χ1n) is 6.66. The quantitative estimate of drug-likeness (QED) is 0.622. The number of hydrogen-bond acceptors (Lipinski definition) is 3. The molecule has 0 aliphatic heterocycles. The summed E-state index contributed by atoms with van der Waals surface area (Å²) in [5, 5.41) is 7.27. The van der Waals surface area contributed by atoms with Gasteiger partial charge < -0.3 is 5.32 Å². The zero-order valence-electron chi connectivity index (χ0n) is 11.4. The second-order valence-corrected chi connectivity index (χ2v) is 7.80. The van der Waals surface area contributed by atoms with Gasteiger partial charge in [-0.3, -0.25) is 0 Å². The van der Waals surface area contributed by atoms with Crippen molar-refractivity contribution in [2.75, 3.05) is 6.54 Å². The van der Waals surface area contributed by atoms with Gasteiger partial charge in [0.15, 0.2) is 0 Å². The van der Waals surface area contributed by atoms with Gasteiger partial charge >= 0.3 is 0 Å². The van der Waals surface area contributed by atoms with Crippen LogP contribution in [0.5, 0.6) is 0 Å². The molecule has 4 heteroatoms. The van der Waals surface area contributed by atoms with E-state index < -0.39 is 0 Å². The molecule has 1 unspecified atom stereocenters. The van der Waals surface area contributed by atoms with E-state index in [9.17, 15) is 0 Å². The third kappa shape index (κ3) is 2.58. The minimum Gasteiger partial charge on any atom is -0.306 e. The molecule has 0 saturated carbocycles. The van der Waals surface area contributed by atoms with Crippen LogP contribution in [0.15, 0.2) is 40.2 Å². The molecule has 3 rings (SSSR count). The van der Waals surface area contributed by atoms with Gasteiger partial charge in [-0.05, 0) is 63.9 Å². The molecule has 3 aromatic rings. The lowest BCUT2D eigenvalue weighted by atomic mass is 10.0. The summed E-state index contributed by atoms with van der Waals surface area (Å²) in [6, 6.07) is 11.2. The molecule has 0 amide bonds. The number of fused-ring (bicyclic) bond motifs is 1. The third-order valence-corrected chi connectivity index (χ3v) is 6.38. The van der Waals surface area contributed by atoms with E-state index in [1.807, 2.05) is 22.7 Å². The van der Waals surface area contributed by atoms with Gasteiger partial charge in [0.2, 0.25) is 0 Å². The van der Waals surface area contributed by atoms with Gasteiger partial charge in [-0.2, -0.15) is 0 Å². The van der Waals surface area contributed by atoms with E-state index in [1.165, 1.54) is 29.9 Å². The van der Waals surface area contributed by atoms with Crippen LogP contribution >= 0.6 is 38.6 Å². The summed E-state index contributed by atoms with van der Waals surface area (Å²) in [6.07, 6.45) is 0. The van der Waals surface area contributed by atoms with Crippen molar-refractivity contribution in [2.45, 2.75) is 19.9 Å². The molecule has 0 fully saturated rings. The highest BCUT2D eigenvalue weighted by molar-refractivity contribution is 9.10. The minimum absolute atomic E-state index is 0.293. The molecule has 0 spiro atoms. The third-order valence-electron chi connectivity index (χ3n) is 3.35. The van der Waals surface area contributed by atoms with E-state index in [-0.39, 0.29) is 0 Å². The van der Waals surface area contributed by atoms with Gasteiger partial charge in [-0.15, -0.1) is 22.7 Å². The summed E-state index contributed by atoms with van der Waals surface area (Å²) < 4.78 is 2.52. The van der Waals surface area contributed by atoms with Crippen molar-refractivity contribution in [2.24, 2.45) is 0 Å². The van der Waals surface area contributed by atoms with Gasteiger partial charge in [0.25, 0.3) is 0 Å². The number of benzene rings is 1. The number of hydrogen-bond donors (Lipinski definition) is 1. The minimum atomic E-state index is 0.293. The van der Waals surface area contributed by atoms with Gasteiger partial charge in [0.1, 0.15) is 0 Å². The molecular formula is C16H16BrNS2. The first-order chi connectivity index (χ1) is 9.70. The number of rotatable bonds is 4. The molecule has 0 aliphatic rings. The predicted molar refractivity (Wildman–Crippen MR) is 94.1 cm³/mol. The summed E-state index contributed by atoms with van der Waals surface area (Å²) in [6.45, 7) is 5.30. The van der Waals surface area contributed by atoms with Crippen LogP contribution in [0.3, 0.4) is 0 Å². The SMILES string of the molecule is CCNC(c1ccc(C)s1)c1csc2c(Br)cccc12. The Balaban J connectivity index is 2.12. The van der Waals surface area contributed by atoms with E-state index in [2.05, 4.69) is 70.8 Å². The predicted octanol–water partition coefficient (Wildman–Crippen LogP) is 5.73. The summed E-state index contributed by atoms with van der Waals surface area (Å²) >= 11 is 7.34. The van der Waals surface area contributed by atoms with Crippen molar-refractivity contribution < 1.29 is 0 Å². The van der Waals surface area contributed by atoms with E-state index in [0.29, 0.717) is 6.04 Å². The number of halogens is 1. The van der Waals surface area contributed by atoms with Crippen molar-refractivity contribution >= 4 is 48.7 Å². The van der Waals surface area contributed by atoms with Crippen LogP contribution in [0.25, 0.3) is 10.1 Å². The fourth-order valence-electron chi connectivity index (χ4n) is 2.44. The van der Waals surface area contributed by atoms with Crippen molar-refractivity contribution in [1.82, 2.24) is 5.32 Å². The highest BCUT2D eigenvalue weighted by atomic mass is 79.9. The maximum atomic E-state index is 3.65. The Kier molecular flexibility index (Phi) is 4.26. The maximum absolute atomic E-state index is 3.65. The van der Waals surface area contributed by atoms with Crippen LogP contribution in [-0.2, 0) is 0 Å². The lowest BCUT2D eigenvalue weighted by molar-refractivity contribution is 0.645. The average Bonchev–Trinajstić information content (AvgIpc) is 3.04. The van der Waals surface area contributed by atoms with Crippen molar-refractivity contribution in [1.29, 1.82) is 0 Å². The highest BCUT2D eigenvalue weighted by Gasteiger charge is 2.19. The molecule has 0 aliphatic carbocycles. The van der Waals surface area contributed by atoms with Gasteiger partial charge in [-0.25, -0.2) is 0 Å². The van der Waals surface area contributed by atoms with E-state index in [1.54, 1.807) is 0 Å². The molecular weight excluding hydrogens is 350 g/mol. The Morgan fingerprint density at radius 2 is 2.10 bits per heavy atom. The average molecular weight is 366 g/mol. The molecule has 1 N–H and O–H groups in total. The Morgan fingerprint density at radius 3 is 2.80 bits per heavy atom. The zero-order chi connectivity index (χ0) is 14.1. The lowest BCUT2D eigenvalue weighted by Crippen LogP contribution is -2.20. The molecule has 20 heavy (non-hydrogen) atoms. The Morgan fingerprint density at radius 1 is 1.25 bits per heavy atom. The van der Waals surface area contributed by atoms with Gasteiger partial charge in [-0.1, -0.05) is 19.1 Å². The summed E-state index contributed by atoms with van der Waals surface area (Å²) in [7, 11) is 0. The Labute approximate surface area is 135 Å². The van der Waals surface area contributed by atoms with Gasteiger partial charge in [0, 0.05) is 18.9 Å². The van der Waals surface area contributed by atoms with Gasteiger partial charge in [0.05, 0.1) is 6.04 Å². The normalized spacial score (nSPS) is 12.9. The van der Waals surface area contributed by atoms with Crippen molar-refractivity contribution in [3.8, 4) is 0 Å². The monoisotopic (exact) mass is 365 g/mol. The van der Waals surface area contributed by atoms with E-state index in [4.69, 9.17) is 0 Å². The zero-order valence-corrected chi connectivity index (χ0v) is 14.7. The van der Waals surface area contributed by atoms with E-state index in [0.717, 1.165) is 6.54 Å².